The van der Waals surface area contributed by atoms with E-state index in [1.165, 1.54) is 5.56 Å². The van der Waals surface area contributed by atoms with Gasteiger partial charge in [0.1, 0.15) is 5.75 Å². The molecule has 0 fully saturated rings. The molecule has 0 saturated carbocycles. The van der Waals surface area contributed by atoms with E-state index < -0.39 is 0 Å². The summed E-state index contributed by atoms with van der Waals surface area (Å²) in [5.74, 6) is 0.835. The van der Waals surface area contributed by atoms with E-state index in [4.69, 9.17) is 21.1 Å². The molecule has 0 spiro atoms. The highest BCUT2D eigenvalue weighted by molar-refractivity contribution is 6.33. The second-order valence-electron chi connectivity index (χ2n) is 4.26. The highest BCUT2D eigenvalue weighted by Gasteiger charge is 2.09. The van der Waals surface area contributed by atoms with Crippen molar-refractivity contribution in [3.05, 3.63) is 53.1 Å². The molecule has 0 N–H and O–H groups in total. The van der Waals surface area contributed by atoms with Gasteiger partial charge in [0, 0.05) is 23.3 Å². The molecule has 2 rings (SSSR count). The van der Waals surface area contributed by atoms with Crippen LogP contribution in [-0.4, -0.2) is 20.8 Å². The summed E-state index contributed by atoms with van der Waals surface area (Å²) in [6.45, 7) is 0.703. The third-order valence-electron chi connectivity index (χ3n) is 3.02. The molecular weight excluding hydrogens is 260 g/mol. The lowest BCUT2D eigenvalue weighted by atomic mass is 10.0. The normalized spacial score (nSPS) is 10.5. The summed E-state index contributed by atoms with van der Waals surface area (Å²) in [4.78, 5) is 0. The van der Waals surface area contributed by atoms with E-state index in [0.29, 0.717) is 6.61 Å². The first-order chi connectivity index (χ1) is 9.26. The zero-order valence-electron chi connectivity index (χ0n) is 11.2. The molecule has 0 atom stereocenters. The Morgan fingerprint density at radius 1 is 1.00 bits per heavy atom. The predicted molar refractivity (Wildman–Crippen MR) is 79.0 cm³/mol. The number of ether oxygens (including phenoxy) is 2. The molecule has 0 aliphatic carbocycles. The topological polar surface area (TPSA) is 18.5 Å². The Morgan fingerprint density at radius 3 is 2.47 bits per heavy atom. The molecule has 0 aliphatic heterocycles. The minimum absolute atomic E-state index is 0.703. The van der Waals surface area contributed by atoms with Gasteiger partial charge in [0.15, 0.2) is 0 Å². The van der Waals surface area contributed by atoms with Crippen molar-refractivity contribution >= 4 is 11.6 Å². The lowest BCUT2D eigenvalue weighted by Crippen LogP contribution is -1.96. The van der Waals surface area contributed by atoms with Gasteiger partial charge in [-0.25, -0.2) is 0 Å². The number of rotatable bonds is 5. The second kappa shape index (κ2) is 6.60. The molecular formula is C16H17ClO2. The van der Waals surface area contributed by atoms with Crippen molar-refractivity contribution < 1.29 is 9.47 Å². The van der Waals surface area contributed by atoms with E-state index in [0.717, 1.165) is 28.3 Å². The van der Waals surface area contributed by atoms with Gasteiger partial charge >= 0.3 is 0 Å². The van der Waals surface area contributed by atoms with Crippen LogP contribution < -0.4 is 4.74 Å². The monoisotopic (exact) mass is 276 g/mol. The van der Waals surface area contributed by atoms with Gasteiger partial charge in [0.05, 0.1) is 13.7 Å². The predicted octanol–water partition coefficient (Wildman–Crippen LogP) is 4.20. The highest BCUT2D eigenvalue weighted by atomic mass is 35.5. The zero-order chi connectivity index (χ0) is 13.7. The Labute approximate surface area is 118 Å². The minimum Gasteiger partial charge on any atom is -0.496 e. The maximum atomic E-state index is 6.24. The fraction of sp³-hybridized carbons (Fsp3) is 0.250. The summed E-state index contributed by atoms with van der Waals surface area (Å²) in [6, 6.07) is 13.9. The van der Waals surface area contributed by atoms with Gasteiger partial charge in [-0.1, -0.05) is 41.9 Å². The number of methoxy groups -OCH3 is 2. The SMILES string of the molecule is COCCc1ccc(-c2ccccc2Cl)c(OC)c1. The van der Waals surface area contributed by atoms with Crippen LogP contribution in [0.25, 0.3) is 11.1 Å². The average molecular weight is 277 g/mol. The van der Waals surface area contributed by atoms with E-state index in [1.807, 2.05) is 36.4 Å². The molecule has 0 aliphatic rings. The van der Waals surface area contributed by atoms with Crippen LogP contribution >= 0.6 is 11.6 Å². The van der Waals surface area contributed by atoms with Gasteiger partial charge in [0.2, 0.25) is 0 Å². The summed E-state index contributed by atoms with van der Waals surface area (Å²) in [5, 5.41) is 0.727. The summed E-state index contributed by atoms with van der Waals surface area (Å²) in [7, 11) is 3.38. The minimum atomic E-state index is 0.703. The van der Waals surface area contributed by atoms with Crippen molar-refractivity contribution in [1.82, 2.24) is 0 Å². The Kier molecular flexibility index (Phi) is 4.83. The summed E-state index contributed by atoms with van der Waals surface area (Å²) >= 11 is 6.24. The Bertz CT molecular complexity index is 552. The molecule has 2 aromatic rings. The van der Waals surface area contributed by atoms with Crippen LogP contribution in [0.5, 0.6) is 5.75 Å². The fourth-order valence-electron chi connectivity index (χ4n) is 2.01. The molecule has 100 valence electrons. The third-order valence-corrected chi connectivity index (χ3v) is 3.35. The molecule has 3 heteroatoms. The Hall–Kier alpha value is -1.51. The molecule has 0 heterocycles. The van der Waals surface area contributed by atoms with Crippen LogP contribution in [0.4, 0.5) is 0 Å². The molecule has 2 aromatic carbocycles. The van der Waals surface area contributed by atoms with Gasteiger partial charge < -0.3 is 9.47 Å². The highest BCUT2D eigenvalue weighted by Crippen LogP contribution is 2.35. The number of hydrogen-bond donors (Lipinski definition) is 0. The zero-order valence-corrected chi connectivity index (χ0v) is 11.9. The van der Waals surface area contributed by atoms with E-state index in [9.17, 15) is 0 Å². The number of benzene rings is 2. The van der Waals surface area contributed by atoms with Gasteiger partial charge in [-0.15, -0.1) is 0 Å². The molecule has 0 aromatic heterocycles. The van der Waals surface area contributed by atoms with Crippen molar-refractivity contribution in [3.63, 3.8) is 0 Å². The number of hydrogen-bond acceptors (Lipinski definition) is 2. The molecule has 2 nitrogen and oxygen atoms in total. The summed E-state index contributed by atoms with van der Waals surface area (Å²) < 4.78 is 10.6. The second-order valence-corrected chi connectivity index (χ2v) is 4.66. The van der Waals surface area contributed by atoms with E-state index in [-0.39, 0.29) is 0 Å². The quantitative estimate of drug-likeness (QED) is 0.815. The molecule has 19 heavy (non-hydrogen) atoms. The molecule has 0 unspecified atom stereocenters. The largest absolute Gasteiger partial charge is 0.496 e. The first-order valence-electron chi connectivity index (χ1n) is 6.17. The van der Waals surface area contributed by atoms with Crippen LogP contribution in [0.3, 0.4) is 0 Å². The first kappa shape index (κ1) is 13.9. The number of halogens is 1. The van der Waals surface area contributed by atoms with Crippen molar-refractivity contribution in [2.24, 2.45) is 0 Å². The summed E-state index contributed by atoms with van der Waals surface area (Å²) in [6.07, 6.45) is 0.871. The van der Waals surface area contributed by atoms with Gasteiger partial charge in [-0.3, -0.25) is 0 Å². The van der Waals surface area contributed by atoms with Crippen molar-refractivity contribution in [1.29, 1.82) is 0 Å². The van der Waals surface area contributed by atoms with E-state index in [2.05, 4.69) is 6.07 Å². The van der Waals surface area contributed by atoms with Gasteiger partial charge in [-0.2, -0.15) is 0 Å². The van der Waals surface area contributed by atoms with Crippen LogP contribution in [0, 0.1) is 0 Å². The maximum Gasteiger partial charge on any atom is 0.127 e. The van der Waals surface area contributed by atoms with Crippen LogP contribution in [0.1, 0.15) is 5.56 Å². The molecule has 0 bridgehead atoms. The van der Waals surface area contributed by atoms with E-state index in [1.54, 1.807) is 14.2 Å². The smallest absolute Gasteiger partial charge is 0.127 e. The van der Waals surface area contributed by atoms with Crippen molar-refractivity contribution in [2.45, 2.75) is 6.42 Å². The van der Waals surface area contributed by atoms with Crippen LogP contribution in [-0.2, 0) is 11.2 Å². The Morgan fingerprint density at radius 2 is 1.79 bits per heavy atom. The maximum absolute atomic E-state index is 6.24. The summed E-state index contributed by atoms with van der Waals surface area (Å²) in [5.41, 5.74) is 3.18. The van der Waals surface area contributed by atoms with Crippen molar-refractivity contribution in [3.8, 4) is 16.9 Å². The van der Waals surface area contributed by atoms with Crippen LogP contribution in [0.15, 0.2) is 42.5 Å². The molecule has 0 saturated heterocycles. The third kappa shape index (κ3) is 3.28. The lowest BCUT2D eigenvalue weighted by molar-refractivity contribution is 0.202. The fourth-order valence-corrected chi connectivity index (χ4v) is 2.25. The van der Waals surface area contributed by atoms with Gasteiger partial charge in [0.25, 0.3) is 0 Å². The molecule has 0 radical (unpaired) electrons. The average Bonchev–Trinajstić information content (AvgIpc) is 2.45. The molecule has 0 amide bonds. The Balaban J connectivity index is 2.39. The van der Waals surface area contributed by atoms with Gasteiger partial charge in [-0.05, 0) is 24.1 Å². The standard InChI is InChI=1S/C16H17ClO2/c1-18-10-9-12-7-8-14(16(11-12)19-2)13-5-3-4-6-15(13)17/h3-8,11H,9-10H2,1-2H3. The van der Waals surface area contributed by atoms with Crippen LogP contribution in [0.2, 0.25) is 5.02 Å². The van der Waals surface area contributed by atoms with Crippen molar-refractivity contribution in [2.75, 3.05) is 20.8 Å². The first-order valence-corrected chi connectivity index (χ1v) is 6.55. The lowest BCUT2D eigenvalue weighted by Gasteiger charge is -2.12. The van der Waals surface area contributed by atoms with E-state index >= 15 is 0 Å².